The van der Waals surface area contributed by atoms with Gasteiger partial charge in [-0.15, -0.1) is 0 Å². The summed E-state index contributed by atoms with van der Waals surface area (Å²) in [6, 6.07) is 6.40. The van der Waals surface area contributed by atoms with E-state index in [1.165, 1.54) is 19.1 Å². The predicted octanol–water partition coefficient (Wildman–Crippen LogP) is 2.02. The first kappa shape index (κ1) is 12.3. The summed E-state index contributed by atoms with van der Waals surface area (Å²) < 4.78 is 0. The zero-order valence-corrected chi connectivity index (χ0v) is 9.50. The van der Waals surface area contributed by atoms with E-state index in [4.69, 9.17) is 5.11 Å². The maximum absolute atomic E-state index is 10.7. The van der Waals surface area contributed by atoms with Gasteiger partial charge in [-0.1, -0.05) is 29.7 Å². The highest BCUT2D eigenvalue weighted by atomic mass is 32.2. The van der Waals surface area contributed by atoms with Crippen LogP contribution in [0.3, 0.4) is 0 Å². The van der Waals surface area contributed by atoms with Crippen molar-refractivity contribution >= 4 is 22.8 Å². The predicted molar refractivity (Wildman–Crippen MR) is 63.4 cm³/mol. The molecule has 0 aliphatic rings. The van der Waals surface area contributed by atoms with Gasteiger partial charge in [0, 0.05) is 12.5 Å². The molecule has 1 rings (SSSR count). The highest BCUT2D eigenvalue weighted by Crippen LogP contribution is 2.04. The fourth-order valence-corrected chi connectivity index (χ4v) is 1.35. The Morgan fingerprint density at radius 2 is 2.19 bits per heavy atom. The number of carbonyl (C=O) groups is 2. The van der Waals surface area contributed by atoms with E-state index in [0.29, 0.717) is 11.3 Å². The molecule has 0 aliphatic heterocycles. The summed E-state index contributed by atoms with van der Waals surface area (Å²) >= 11 is 1.13. The number of carboxylic acids is 1. The molecule has 0 radical (unpaired) electrons. The van der Waals surface area contributed by atoms with Crippen molar-refractivity contribution in [2.45, 2.75) is 6.92 Å². The Balaban J connectivity index is 2.70. The van der Waals surface area contributed by atoms with Gasteiger partial charge in [-0.05, 0) is 18.2 Å². The molecule has 0 saturated carbocycles. The van der Waals surface area contributed by atoms with Crippen LogP contribution in [0.5, 0.6) is 0 Å². The molecule has 0 aliphatic carbocycles. The average molecular weight is 234 g/mol. The number of aromatic carboxylic acids is 1. The number of hydrogen-bond acceptors (Lipinski definition) is 3. The summed E-state index contributed by atoms with van der Waals surface area (Å²) in [5.74, 6) is 5.06. The van der Waals surface area contributed by atoms with E-state index in [1.54, 1.807) is 12.1 Å². The number of carboxylic acid groups (broad SMARTS) is 1. The molecule has 0 aromatic heterocycles. The second-order valence-electron chi connectivity index (χ2n) is 2.97. The van der Waals surface area contributed by atoms with Gasteiger partial charge in [0.25, 0.3) is 0 Å². The van der Waals surface area contributed by atoms with Gasteiger partial charge in [-0.2, -0.15) is 0 Å². The number of hydrogen-bond donors (Lipinski definition) is 1. The van der Waals surface area contributed by atoms with Crippen LogP contribution in [0.1, 0.15) is 22.8 Å². The standard InChI is InChI=1S/C12H10O3S/c1-9(13)16-7-3-5-10-4-2-6-11(8-10)12(14)15/h2,4,6,8H,7H2,1H3,(H,14,15). The Labute approximate surface area is 97.9 Å². The monoisotopic (exact) mass is 234 g/mol. The molecule has 0 amide bonds. The minimum atomic E-state index is -0.971. The Hall–Kier alpha value is -1.73. The quantitative estimate of drug-likeness (QED) is 0.795. The first-order chi connectivity index (χ1) is 7.59. The van der Waals surface area contributed by atoms with Crippen LogP contribution in [0.2, 0.25) is 0 Å². The number of thioether (sulfide) groups is 1. The zero-order valence-electron chi connectivity index (χ0n) is 8.69. The zero-order chi connectivity index (χ0) is 12.0. The molecule has 0 bridgehead atoms. The van der Waals surface area contributed by atoms with Crippen molar-refractivity contribution in [1.82, 2.24) is 0 Å². The molecule has 1 aromatic rings. The van der Waals surface area contributed by atoms with Crippen molar-refractivity contribution in [3.63, 3.8) is 0 Å². The van der Waals surface area contributed by atoms with Crippen LogP contribution in [-0.4, -0.2) is 21.9 Å². The molecule has 0 fully saturated rings. The van der Waals surface area contributed by atoms with Gasteiger partial charge < -0.3 is 5.11 Å². The molecule has 82 valence electrons. The van der Waals surface area contributed by atoms with Crippen molar-refractivity contribution in [3.8, 4) is 11.8 Å². The van der Waals surface area contributed by atoms with Crippen LogP contribution in [-0.2, 0) is 4.79 Å². The van der Waals surface area contributed by atoms with Crippen molar-refractivity contribution in [3.05, 3.63) is 35.4 Å². The molecule has 1 aromatic carbocycles. The lowest BCUT2D eigenvalue weighted by Gasteiger charge is -1.94. The summed E-state index contributed by atoms with van der Waals surface area (Å²) in [5, 5.41) is 8.78. The van der Waals surface area contributed by atoms with Crippen LogP contribution in [0.25, 0.3) is 0 Å². The molecule has 0 unspecified atom stereocenters. The highest BCUT2D eigenvalue weighted by Gasteiger charge is 2.00. The molecule has 0 spiro atoms. The molecule has 4 heteroatoms. The van der Waals surface area contributed by atoms with Crippen molar-refractivity contribution in [2.75, 3.05) is 5.75 Å². The van der Waals surface area contributed by atoms with E-state index in [2.05, 4.69) is 11.8 Å². The first-order valence-electron chi connectivity index (χ1n) is 4.55. The van der Waals surface area contributed by atoms with E-state index in [9.17, 15) is 9.59 Å². The largest absolute Gasteiger partial charge is 0.478 e. The third kappa shape index (κ3) is 4.20. The smallest absolute Gasteiger partial charge is 0.335 e. The van der Waals surface area contributed by atoms with Crippen LogP contribution in [0.4, 0.5) is 0 Å². The van der Waals surface area contributed by atoms with Gasteiger partial charge in [-0.3, -0.25) is 4.79 Å². The van der Waals surface area contributed by atoms with Gasteiger partial charge in [-0.25, -0.2) is 4.79 Å². The maximum atomic E-state index is 10.7. The second-order valence-corrected chi connectivity index (χ2v) is 4.12. The highest BCUT2D eigenvalue weighted by molar-refractivity contribution is 8.13. The third-order valence-electron chi connectivity index (χ3n) is 1.69. The normalized spacial score (nSPS) is 9.06. The van der Waals surface area contributed by atoms with E-state index in [-0.39, 0.29) is 10.7 Å². The van der Waals surface area contributed by atoms with E-state index >= 15 is 0 Å². The van der Waals surface area contributed by atoms with E-state index in [0.717, 1.165) is 11.8 Å². The molecular weight excluding hydrogens is 224 g/mol. The molecule has 0 saturated heterocycles. The van der Waals surface area contributed by atoms with Crippen LogP contribution in [0, 0.1) is 11.8 Å². The lowest BCUT2D eigenvalue weighted by molar-refractivity contribution is -0.109. The maximum Gasteiger partial charge on any atom is 0.335 e. The van der Waals surface area contributed by atoms with Gasteiger partial charge in [0.15, 0.2) is 5.12 Å². The Morgan fingerprint density at radius 1 is 1.44 bits per heavy atom. The third-order valence-corrected chi connectivity index (χ3v) is 2.39. The van der Waals surface area contributed by atoms with Crippen molar-refractivity contribution < 1.29 is 14.7 Å². The molecule has 3 nitrogen and oxygen atoms in total. The Morgan fingerprint density at radius 3 is 2.81 bits per heavy atom. The fourth-order valence-electron chi connectivity index (χ4n) is 1.01. The molecule has 1 N–H and O–H groups in total. The SMILES string of the molecule is CC(=O)SCC#Cc1cccc(C(=O)O)c1. The van der Waals surface area contributed by atoms with Gasteiger partial charge in [0.05, 0.1) is 11.3 Å². The lowest BCUT2D eigenvalue weighted by atomic mass is 10.1. The number of rotatable bonds is 2. The van der Waals surface area contributed by atoms with Crippen molar-refractivity contribution in [1.29, 1.82) is 0 Å². The average Bonchev–Trinajstić information content (AvgIpc) is 2.24. The number of carbonyl (C=O) groups excluding carboxylic acids is 1. The summed E-state index contributed by atoms with van der Waals surface area (Å²) in [6.07, 6.45) is 0. The summed E-state index contributed by atoms with van der Waals surface area (Å²) in [6.45, 7) is 1.48. The summed E-state index contributed by atoms with van der Waals surface area (Å²) in [4.78, 5) is 21.3. The Bertz CT molecular complexity index is 469. The lowest BCUT2D eigenvalue weighted by Crippen LogP contribution is -1.95. The van der Waals surface area contributed by atoms with Gasteiger partial charge in [0.1, 0.15) is 0 Å². The topological polar surface area (TPSA) is 54.4 Å². The molecular formula is C12H10O3S. The number of benzene rings is 1. The molecule has 0 atom stereocenters. The van der Waals surface area contributed by atoms with Gasteiger partial charge in [0.2, 0.25) is 0 Å². The first-order valence-corrected chi connectivity index (χ1v) is 5.54. The Kier molecular flexibility index (Phi) is 4.62. The van der Waals surface area contributed by atoms with Crippen molar-refractivity contribution in [2.24, 2.45) is 0 Å². The fraction of sp³-hybridized carbons (Fsp3) is 0.167. The molecule has 16 heavy (non-hydrogen) atoms. The van der Waals surface area contributed by atoms with Crippen LogP contribution >= 0.6 is 11.8 Å². The summed E-state index contributed by atoms with van der Waals surface area (Å²) in [7, 11) is 0. The minimum absolute atomic E-state index is 0.0218. The summed E-state index contributed by atoms with van der Waals surface area (Å²) in [5.41, 5.74) is 0.857. The molecule has 0 heterocycles. The van der Waals surface area contributed by atoms with Crippen LogP contribution < -0.4 is 0 Å². The van der Waals surface area contributed by atoms with E-state index in [1.807, 2.05) is 0 Å². The minimum Gasteiger partial charge on any atom is -0.478 e. The van der Waals surface area contributed by atoms with Crippen LogP contribution in [0.15, 0.2) is 24.3 Å². The second kappa shape index (κ2) is 5.99. The van der Waals surface area contributed by atoms with E-state index < -0.39 is 5.97 Å². The van der Waals surface area contributed by atoms with Gasteiger partial charge >= 0.3 is 5.97 Å².